The van der Waals surface area contributed by atoms with Gasteiger partial charge in [-0.05, 0) is 25.9 Å². The maximum absolute atomic E-state index is 2.72. The molecule has 0 aliphatic carbocycles. The lowest BCUT2D eigenvalue weighted by Crippen LogP contribution is -2.23. The molecule has 1 nitrogen and oxygen atoms in total. The van der Waals surface area contributed by atoms with Crippen LogP contribution in [0.3, 0.4) is 0 Å². The highest BCUT2D eigenvalue weighted by atomic mass is 28.3. The third-order valence-electron chi connectivity index (χ3n) is 1.74. The van der Waals surface area contributed by atoms with Gasteiger partial charge in [-0.25, -0.2) is 0 Å². The number of nitrogens with zero attached hydrogens (tertiary/aromatic N) is 1. The largest absolute Gasteiger partial charge is 0.329 e. The van der Waals surface area contributed by atoms with E-state index in [0.717, 1.165) is 0 Å². The number of rotatable bonds is 2. The van der Waals surface area contributed by atoms with Gasteiger partial charge in [0.05, 0.1) is 9.68 Å². The average Bonchev–Trinajstić information content (AvgIpc) is 2.19. The summed E-state index contributed by atoms with van der Waals surface area (Å²) in [5.74, 6) is 0. The molecule has 1 rings (SSSR count). The predicted octanol–water partition coefficient (Wildman–Crippen LogP) is -1.09. The minimum atomic E-state index is 0.293. The van der Waals surface area contributed by atoms with Gasteiger partial charge in [-0.15, -0.1) is 0 Å². The molecule has 0 bridgehead atoms. The van der Waals surface area contributed by atoms with Gasteiger partial charge in [-0.1, -0.05) is 5.67 Å². The van der Waals surface area contributed by atoms with Gasteiger partial charge in [-0.3, -0.25) is 0 Å². The van der Waals surface area contributed by atoms with Crippen molar-refractivity contribution in [1.29, 1.82) is 0 Å². The summed E-state index contributed by atoms with van der Waals surface area (Å²) in [6.07, 6.45) is 2.96. The molecular formula is C5H15NSi2. The molecule has 0 N–H and O–H groups in total. The van der Waals surface area contributed by atoms with Gasteiger partial charge >= 0.3 is 0 Å². The van der Waals surface area contributed by atoms with Crippen LogP contribution in [-0.2, 0) is 0 Å². The SMILES string of the molecule is [SiH3]C[SiH2]N1CCCC1. The van der Waals surface area contributed by atoms with Crippen molar-refractivity contribution >= 4 is 19.9 Å². The van der Waals surface area contributed by atoms with Gasteiger partial charge in [0.15, 0.2) is 0 Å². The normalized spacial score (nSPS) is 24.0. The minimum Gasteiger partial charge on any atom is -0.329 e. The average molecular weight is 145 g/mol. The second-order valence-electron chi connectivity index (χ2n) is 2.55. The first kappa shape index (κ1) is 6.51. The van der Waals surface area contributed by atoms with E-state index in [1.54, 1.807) is 5.67 Å². The zero-order chi connectivity index (χ0) is 5.82. The van der Waals surface area contributed by atoms with Gasteiger partial charge in [0.25, 0.3) is 0 Å². The van der Waals surface area contributed by atoms with E-state index in [-0.39, 0.29) is 0 Å². The Hall–Kier alpha value is 0.394. The summed E-state index contributed by atoms with van der Waals surface area (Å²) >= 11 is 0. The lowest BCUT2D eigenvalue weighted by atomic mass is 10.4. The molecule has 1 aliphatic rings. The van der Waals surface area contributed by atoms with Crippen LogP contribution >= 0.6 is 0 Å². The second kappa shape index (κ2) is 3.43. The van der Waals surface area contributed by atoms with Crippen LogP contribution in [0.25, 0.3) is 0 Å². The Labute approximate surface area is 56.8 Å². The molecule has 0 radical (unpaired) electrons. The van der Waals surface area contributed by atoms with Crippen molar-refractivity contribution in [3.8, 4) is 0 Å². The summed E-state index contributed by atoms with van der Waals surface area (Å²) in [4.78, 5) is 0. The molecule has 1 heterocycles. The molecule has 8 heavy (non-hydrogen) atoms. The molecule has 0 aromatic heterocycles. The van der Waals surface area contributed by atoms with E-state index in [0.29, 0.717) is 9.68 Å². The summed E-state index contributed by atoms with van der Waals surface area (Å²) in [6, 6.07) is 0. The molecule has 0 aromatic rings. The van der Waals surface area contributed by atoms with Crippen molar-refractivity contribution in [3.05, 3.63) is 0 Å². The fourth-order valence-electron chi connectivity index (χ4n) is 1.32. The highest BCUT2D eigenvalue weighted by Crippen LogP contribution is 2.04. The quantitative estimate of drug-likeness (QED) is 0.446. The topological polar surface area (TPSA) is 3.24 Å². The summed E-state index contributed by atoms with van der Waals surface area (Å²) < 4.78 is 2.72. The lowest BCUT2D eigenvalue weighted by Gasteiger charge is -2.10. The lowest BCUT2D eigenvalue weighted by molar-refractivity contribution is 0.553. The van der Waals surface area contributed by atoms with Gasteiger partial charge in [-0.2, -0.15) is 0 Å². The molecule has 0 spiro atoms. The highest BCUT2D eigenvalue weighted by molar-refractivity contribution is 6.44. The minimum absolute atomic E-state index is 0.293. The smallest absolute Gasteiger partial charge is 0.0916 e. The van der Waals surface area contributed by atoms with Crippen molar-refractivity contribution < 1.29 is 0 Å². The third kappa shape index (κ3) is 1.72. The fourth-order valence-corrected chi connectivity index (χ4v) is 4.75. The molecule has 1 fully saturated rings. The molecule has 0 aromatic carbocycles. The van der Waals surface area contributed by atoms with E-state index in [1.165, 1.54) is 36.2 Å². The van der Waals surface area contributed by atoms with E-state index in [2.05, 4.69) is 4.57 Å². The Morgan fingerprint density at radius 1 is 1.38 bits per heavy atom. The van der Waals surface area contributed by atoms with Crippen LogP contribution in [0.15, 0.2) is 0 Å². The Kier molecular flexibility index (Phi) is 2.79. The molecular weight excluding hydrogens is 130 g/mol. The third-order valence-corrected chi connectivity index (χ3v) is 4.79. The van der Waals surface area contributed by atoms with Crippen molar-refractivity contribution in [3.63, 3.8) is 0 Å². The van der Waals surface area contributed by atoms with Crippen molar-refractivity contribution in [2.75, 3.05) is 13.1 Å². The van der Waals surface area contributed by atoms with Crippen LogP contribution in [0.2, 0.25) is 5.67 Å². The molecule has 3 heteroatoms. The summed E-state index contributed by atoms with van der Waals surface area (Å²) in [5, 5.41) is 0. The standard InChI is InChI=1S/C5H15NSi2/c7-5-8-6-3-1-2-4-6/h1-5,8H2,7H3. The van der Waals surface area contributed by atoms with Gasteiger partial charge < -0.3 is 4.57 Å². The Bertz CT molecular complexity index is 61.4. The monoisotopic (exact) mass is 145 g/mol. The summed E-state index contributed by atoms with van der Waals surface area (Å²) in [5.41, 5.74) is 1.60. The van der Waals surface area contributed by atoms with Crippen LogP contribution in [0, 0.1) is 0 Å². The first-order valence-electron chi connectivity index (χ1n) is 3.66. The van der Waals surface area contributed by atoms with Crippen molar-refractivity contribution in [2.24, 2.45) is 0 Å². The highest BCUT2D eigenvalue weighted by Gasteiger charge is 2.08. The molecule has 1 saturated heterocycles. The maximum atomic E-state index is 2.72. The first-order chi connectivity index (χ1) is 3.93. The van der Waals surface area contributed by atoms with Crippen LogP contribution in [0.1, 0.15) is 12.8 Å². The van der Waals surface area contributed by atoms with Crippen molar-refractivity contribution in [1.82, 2.24) is 4.57 Å². The molecule has 1 aliphatic heterocycles. The van der Waals surface area contributed by atoms with E-state index in [4.69, 9.17) is 0 Å². The zero-order valence-corrected chi connectivity index (χ0v) is 9.10. The van der Waals surface area contributed by atoms with Crippen LogP contribution in [0.5, 0.6) is 0 Å². The fraction of sp³-hybridized carbons (Fsp3) is 1.00. The Morgan fingerprint density at radius 3 is 2.50 bits per heavy atom. The number of hydrogen-bond donors (Lipinski definition) is 0. The van der Waals surface area contributed by atoms with Crippen molar-refractivity contribution in [2.45, 2.75) is 18.5 Å². The first-order valence-corrected chi connectivity index (χ1v) is 6.70. The van der Waals surface area contributed by atoms with Crippen LogP contribution in [-0.4, -0.2) is 37.6 Å². The molecule has 48 valence electrons. The molecule has 0 atom stereocenters. The zero-order valence-electron chi connectivity index (χ0n) is 5.69. The van der Waals surface area contributed by atoms with Gasteiger partial charge in [0.1, 0.15) is 0 Å². The molecule has 0 saturated carbocycles. The molecule has 0 amide bonds. The van der Waals surface area contributed by atoms with Gasteiger partial charge in [0.2, 0.25) is 0 Å². The summed E-state index contributed by atoms with van der Waals surface area (Å²) in [7, 11) is 1.74. The van der Waals surface area contributed by atoms with Crippen LogP contribution in [0.4, 0.5) is 0 Å². The van der Waals surface area contributed by atoms with Crippen LogP contribution < -0.4 is 0 Å². The van der Waals surface area contributed by atoms with E-state index < -0.39 is 0 Å². The predicted molar refractivity (Wildman–Crippen MR) is 44.1 cm³/mol. The summed E-state index contributed by atoms with van der Waals surface area (Å²) in [6.45, 7) is 2.88. The Balaban J connectivity index is 2.06. The molecule has 0 unspecified atom stereocenters. The second-order valence-corrected chi connectivity index (χ2v) is 7.89. The van der Waals surface area contributed by atoms with E-state index in [1.807, 2.05) is 0 Å². The van der Waals surface area contributed by atoms with E-state index in [9.17, 15) is 0 Å². The number of hydrogen-bond acceptors (Lipinski definition) is 1. The van der Waals surface area contributed by atoms with E-state index >= 15 is 0 Å². The maximum Gasteiger partial charge on any atom is 0.0916 e. The van der Waals surface area contributed by atoms with Gasteiger partial charge in [0, 0.05) is 10.2 Å². The Morgan fingerprint density at radius 2 is 2.00 bits per heavy atom.